The fraction of sp³-hybridized carbons (Fsp3) is 0.895. The smallest absolute Gasteiger partial charge is 0.305 e. The molecule has 0 bridgehead atoms. The summed E-state index contributed by atoms with van der Waals surface area (Å²) in [4.78, 5) is 18.0. The van der Waals surface area contributed by atoms with Crippen LogP contribution in [0.3, 0.4) is 0 Å². The zero-order valence-electron chi connectivity index (χ0n) is 17.1. The highest BCUT2D eigenvalue weighted by atomic mass is 16.5. The number of hydrogen-bond acceptors (Lipinski definition) is 5. The van der Waals surface area contributed by atoms with Crippen molar-refractivity contribution in [1.82, 2.24) is 15.5 Å². The van der Waals surface area contributed by atoms with Crippen LogP contribution in [0.2, 0.25) is 0 Å². The average Bonchev–Trinajstić information content (AvgIpc) is 2.69. The lowest BCUT2D eigenvalue weighted by Crippen LogP contribution is -2.53. The molecule has 1 atom stereocenters. The Labute approximate surface area is 158 Å². The number of rotatable bonds is 11. The molecule has 0 amide bonds. The minimum absolute atomic E-state index is 0.147. The standard InChI is InChI=1S/C19H38N4O3/c1-5-16(6-2)17(23-11-13-26-14-12-23)15-22-19(20-3)21-10-8-7-9-18(24)25-4/h16-17H,5-15H2,1-4H3,(H2,20,21,22). The van der Waals surface area contributed by atoms with E-state index in [-0.39, 0.29) is 5.97 Å². The highest BCUT2D eigenvalue weighted by Crippen LogP contribution is 2.19. The number of nitrogens with one attached hydrogen (secondary N) is 2. The lowest BCUT2D eigenvalue weighted by Gasteiger charge is -2.39. The number of hydrogen-bond donors (Lipinski definition) is 2. The molecule has 0 aromatic rings. The number of guanidine groups is 1. The van der Waals surface area contributed by atoms with Crippen LogP contribution in [-0.4, -0.2) is 76.4 Å². The molecule has 1 heterocycles. The van der Waals surface area contributed by atoms with Crippen molar-refractivity contribution in [3.63, 3.8) is 0 Å². The van der Waals surface area contributed by atoms with E-state index in [4.69, 9.17) is 4.74 Å². The number of carbonyl (C=O) groups excluding carboxylic acids is 1. The second-order valence-corrected chi connectivity index (χ2v) is 6.71. The maximum absolute atomic E-state index is 11.1. The Bertz CT molecular complexity index is 408. The zero-order chi connectivity index (χ0) is 19.2. The van der Waals surface area contributed by atoms with E-state index in [1.165, 1.54) is 20.0 Å². The van der Waals surface area contributed by atoms with Gasteiger partial charge in [0.2, 0.25) is 0 Å². The van der Waals surface area contributed by atoms with Gasteiger partial charge in [0.1, 0.15) is 0 Å². The molecule has 2 N–H and O–H groups in total. The first-order chi connectivity index (χ1) is 12.7. The summed E-state index contributed by atoms with van der Waals surface area (Å²) in [5.41, 5.74) is 0. The van der Waals surface area contributed by atoms with Gasteiger partial charge in [0, 0.05) is 45.7 Å². The SMILES string of the molecule is CCC(CC)C(CNC(=NC)NCCCCC(=O)OC)N1CCOCC1. The maximum atomic E-state index is 11.1. The van der Waals surface area contributed by atoms with Crippen LogP contribution in [0.1, 0.15) is 46.0 Å². The molecule has 0 aromatic heterocycles. The third-order valence-corrected chi connectivity index (χ3v) is 5.14. The molecule has 0 radical (unpaired) electrons. The molecule has 1 aliphatic heterocycles. The zero-order valence-corrected chi connectivity index (χ0v) is 17.1. The first-order valence-electron chi connectivity index (χ1n) is 9.99. The molecule has 26 heavy (non-hydrogen) atoms. The summed E-state index contributed by atoms with van der Waals surface area (Å²) in [5.74, 6) is 1.34. The van der Waals surface area contributed by atoms with Crippen molar-refractivity contribution in [2.75, 3.05) is 53.6 Å². The lowest BCUT2D eigenvalue weighted by molar-refractivity contribution is -0.140. The van der Waals surface area contributed by atoms with Gasteiger partial charge < -0.3 is 20.1 Å². The third kappa shape index (κ3) is 8.36. The van der Waals surface area contributed by atoms with Gasteiger partial charge in [-0.3, -0.25) is 14.7 Å². The molecular weight excluding hydrogens is 332 g/mol. The molecule has 1 saturated heterocycles. The fourth-order valence-electron chi connectivity index (χ4n) is 3.46. The van der Waals surface area contributed by atoms with Crippen LogP contribution < -0.4 is 10.6 Å². The topological polar surface area (TPSA) is 75.2 Å². The largest absolute Gasteiger partial charge is 0.469 e. The van der Waals surface area contributed by atoms with Gasteiger partial charge in [-0.05, 0) is 18.8 Å². The van der Waals surface area contributed by atoms with E-state index in [1.807, 2.05) is 0 Å². The van der Waals surface area contributed by atoms with E-state index in [0.29, 0.717) is 18.4 Å². The predicted molar refractivity (Wildman–Crippen MR) is 105 cm³/mol. The van der Waals surface area contributed by atoms with Gasteiger partial charge in [0.15, 0.2) is 5.96 Å². The van der Waals surface area contributed by atoms with E-state index in [9.17, 15) is 4.79 Å². The summed E-state index contributed by atoms with van der Waals surface area (Å²) in [7, 11) is 3.22. The Kier molecular flexibility index (Phi) is 12.1. The van der Waals surface area contributed by atoms with Gasteiger partial charge >= 0.3 is 5.97 Å². The molecule has 152 valence electrons. The molecule has 1 rings (SSSR count). The minimum Gasteiger partial charge on any atom is -0.469 e. The molecule has 1 aliphatic rings. The van der Waals surface area contributed by atoms with Crippen molar-refractivity contribution in [2.45, 2.75) is 52.0 Å². The molecule has 1 unspecified atom stereocenters. The first-order valence-corrected chi connectivity index (χ1v) is 9.99. The fourth-order valence-corrected chi connectivity index (χ4v) is 3.46. The van der Waals surface area contributed by atoms with Crippen LogP contribution in [0.4, 0.5) is 0 Å². The Morgan fingerprint density at radius 3 is 2.46 bits per heavy atom. The quantitative estimate of drug-likeness (QED) is 0.249. The van der Waals surface area contributed by atoms with Gasteiger partial charge in [0.05, 0.1) is 20.3 Å². The second-order valence-electron chi connectivity index (χ2n) is 6.71. The minimum atomic E-state index is -0.147. The van der Waals surface area contributed by atoms with Gasteiger partial charge in [-0.2, -0.15) is 0 Å². The lowest BCUT2D eigenvalue weighted by atomic mass is 9.92. The van der Waals surface area contributed by atoms with Gasteiger partial charge in [-0.1, -0.05) is 26.7 Å². The Morgan fingerprint density at radius 2 is 1.88 bits per heavy atom. The predicted octanol–water partition coefficient (Wildman–Crippen LogP) is 1.63. The molecule has 7 nitrogen and oxygen atoms in total. The van der Waals surface area contributed by atoms with E-state index in [2.05, 4.69) is 39.1 Å². The van der Waals surface area contributed by atoms with E-state index < -0.39 is 0 Å². The molecular formula is C19H38N4O3. The number of ether oxygens (including phenoxy) is 2. The summed E-state index contributed by atoms with van der Waals surface area (Å²) in [6.07, 6.45) is 4.56. The Hall–Kier alpha value is -1.34. The summed E-state index contributed by atoms with van der Waals surface area (Å²) >= 11 is 0. The number of esters is 1. The van der Waals surface area contributed by atoms with Gasteiger partial charge in [-0.15, -0.1) is 0 Å². The summed E-state index contributed by atoms with van der Waals surface area (Å²) in [5, 5.41) is 6.83. The summed E-state index contributed by atoms with van der Waals surface area (Å²) < 4.78 is 10.2. The number of morpholine rings is 1. The second kappa shape index (κ2) is 13.8. The summed E-state index contributed by atoms with van der Waals surface area (Å²) in [6, 6.07) is 0.492. The average molecular weight is 371 g/mol. The highest BCUT2D eigenvalue weighted by molar-refractivity contribution is 5.79. The van der Waals surface area contributed by atoms with E-state index in [1.54, 1.807) is 7.05 Å². The van der Waals surface area contributed by atoms with E-state index in [0.717, 1.165) is 58.2 Å². The number of nitrogens with zero attached hydrogens (tertiary/aromatic N) is 2. The Morgan fingerprint density at radius 1 is 1.19 bits per heavy atom. The molecule has 0 aromatic carbocycles. The normalized spacial score (nSPS) is 17.2. The van der Waals surface area contributed by atoms with Crippen LogP contribution in [0.5, 0.6) is 0 Å². The van der Waals surface area contributed by atoms with Crippen molar-refractivity contribution >= 4 is 11.9 Å². The number of aliphatic imine (C=N–C) groups is 1. The van der Waals surface area contributed by atoms with Crippen molar-refractivity contribution < 1.29 is 14.3 Å². The molecule has 7 heteroatoms. The molecule has 0 spiro atoms. The van der Waals surface area contributed by atoms with Crippen LogP contribution in [0.15, 0.2) is 4.99 Å². The number of unbranched alkanes of at least 4 members (excludes halogenated alkanes) is 1. The van der Waals surface area contributed by atoms with Crippen LogP contribution in [-0.2, 0) is 14.3 Å². The van der Waals surface area contributed by atoms with Crippen molar-refractivity contribution in [1.29, 1.82) is 0 Å². The van der Waals surface area contributed by atoms with Crippen molar-refractivity contribution in [2.24, 2.45) is 10.9 Å². The van der Waals surface area contributed by atoms with Gasteiger partial charge in [0.25, 0.3) is 0 Å². The molecule has 1 fully saturated rings. The van der Waals surface area contributed by atoms with Crippen LogP contribution in [0, 0.1) is 5.92 Å². The highest BCUT2D eigenvalue weighted by Gasteiger charge is 2.26. The van der Waals surface area contributed by atoms with Crippen molar-refractivity contribution in [3.05, 3.63) is 0 Å². The van der Waals surface area contributed by atoms with Gasteiger partial charge in [-0.25, -0.2) is 0 Å². The molecule has 0 aliphatic carbocycles. The number of methoxy groups -OCH3 is 1. The monoisotopic (exact) mass is 370 g/mol. The molecule has 0 saturated carbocycles. The maximum Gasteiger partial charge on any atom is 0.305 e. The first kappa shape index (κ1) is 22.7. The Balaban J connectivity index is 2.42. The van der Waals surface area contributed by atoms with Crippen LogP contribution >= 0.6 is 0 Å². The number of carbonyl (C=O) groups is 1. The van der Waals surface area contributed by atoms with E-state index >= 15 is 0 Å². The summed E-state index contributed by atoms with van der Waals surface area (Å²) in [6.45, 7) is 9.88. The van der Waals surface area contributed by atoms with Crippen molar-refractivity contribution in [3.8, 4) is 0 Å². The third-order valence-electron chi connectivity index (χ3n) is 5.14. The van der Waals surface area contributed by atoms with Crippen LogP contribution in [0.25, 0.3) is 0 Å².